The van der Waals surface area contributed by atoms with Gasteiger partial charge in [0, 0.05) is 35.1 Å². The number of pyridine rings is 2. The SMILES string of the molecule is CC(C)(C)c1cn2cc(C(C)(C)C)c3ncccc3c2nc1=O. The van der Waals surface area contributed by atoms with Crippen molar-refractivity contribution in [3.8, 4) is 0 Å². The minimum Gasteiger partial charge on any atom is -0.307 e. The number of hydrogen-bond donors (Lipinski definition) is 0. The summed E-state index contributed by atoms with van der Waals surface area (Å²) in [5.74, 6) is 0. The first-order valence-electron chi connectivity index (χ1n) is 7.91. The summed E-state index contributed by atoms with van der Waals surface area (Å²) < 4.78 is 1.98. The van der Waals surface area contributed by atoms with Crippen molar-refractivity contribution in [2.75, 3.05) is 0 Å². The largest absolute Gasteiger partial charge is 0.307 e. The van der Waals surface area contributed by atoms with Gasteiger partial charge in [-0.1, -0.05) is 41.5 Å². The monoisotopic (exact) mass is 309 g/mol. The van der Waals surface area contributed by atoms with Gasteiger partial charge in [-0.15, -0.1) is 0 Å². The van der Waals surface area contributed by atoms with Crippen LogP contribution >= 0.6 is 0 Å². The Morgan fingerprint density at radius 2 is 1.57 bits per heavy atom. The molecule has 0 atom stereocenters. The molecule has 4 nitrogen and oxygen atoms in total. The molecule has 0 aromatic carbocycles. The number of hydrogen-bond acceptors (Lipinski definition) is 3. The maximum atomic E-state index is 12.5. The highest BCUT2D eigenvalue weighted by Gasteiger charge is 2.23. The first kappa shape index (κ1) is 15.7. The molecule has 3 aromatic heterocycles. The molecule has 0 aliphatic rings. The van der Waals surface area contributed by atoms with E-state index in [1.54, 1.807) is 6.20 Å². The van der Waals surface area contributed by atoms with E-state index in [1.165, 1.54) is 0 Å². The van der Waals surface area contributed by atoms with E-state index in [9.17, 15) is 4.79 Å². The van der Waals surface area contributed by atoms with Crippen molar-refractivity contribution in [1.29, 1.82) is 0 Å². The zero-order valence-electron chi connectivity index (χ0n) is 14.6. The van der Waals surface area contributed by atoms with Gasteiger partial charge in [0.15, 0.2) is 0 Å². The van der Waals surface area contributed by atoms with Gasteiger partial charge >= 0.3 is 0 Å². The van der Waals surface area contributed by atoms with Gasteiger partial charge in [0.1, 0.15) is 5.65 Å². The Morgan fingerprint density at radius 1 is 0.957 bits per heavy atom. The molecule has 0 bridgehead atoms. The summed E-state index contributed by atoms with van der Waals surface area (Å²) in [6.45, 7) is 12.6. The van der Waals surface area contributed by atoms with E-state index in [1.807, 2.05) is 43.5 Å². The van der Waals surface area contributed by atoms with E-state index >= 15 is 0 Å². The Bertz CT molecular complexity index is 956. The Balaban J connectivity index is 2.51. The lowest BCUT2D eigenvalue weighted by Gasteiger charge is -2.23. The average Bonchev–Trinajstić information content (AvgIpc) is 2.43. The molecule has 0 saturated carbocycles. The molecule has 0 N–H and O–H groups in total. The van der Waals surface area contributed by atoms with Crippen molar-refractivity contribution >= 4 is 16.6 Å². The Labute approximate surface area is 136 Å². The zero-order valence-corrected chi connectivity index (χ0v) is 14.6. The standard InChI is InChI=1S/C19H23N3O/c1-18(2,3)13-10-22-11-14(19(4,5)6)17(23)21-16(22)12-8-7-9-20-15(12)13/h7-11H,1-6H3. The Morgan fingerprint density at radius 3 is 2.17 bits per heavy atom. The lowest BCUT2D eigenvalue weighted by atomic mass is 9.86. The van der Waals surface area contributed by atoms with Gasteiger partial charge in [-0.05, 0) is 23.0 Å². The maximum Gasteiger partial charge on any atom is 0.276 e. The van der Waals surface area contributed by atoms with Crippen LogP contribution in [0.2, 0.25) is 0 Å². The topological polar surface area (TPSA) is 47.3 Å². The van der Waals surface area contributed by atoms with Crippen molar-refractivity contribution in [2.24, 2.45) is 0 Å². The van der Waals surface area contributed by atoms with Crippen molar-refractivity contribution in [1.82, 2.24) is 14.4 Å². The molecule has 0 fully saturated rings. The predicted molar refractivity (Wildman–Crippen MR) is 94.2 cm³/mol. The summed E-state index contributed by atoms with van der Waals surface area (Å²) in [5, 5.41) is 0.914. The molecule has 0 aliphatic carbocycles. The lowest BCUT2D eigenvalue weighted by molar-refractivity contribution is 0.574. The molecule has 0 aliphatic heterocycles. The van der Waals surface area contributed by atoms with Crippen molar-refractivity contribution in [3.05, 3.63) is 52.2 Å². The van der Waals surface area contributed by atoms with Gasteiger partial charge in [-0.3, -0.25) is 9.78 Å². The normalized spacial score (nSPS) is 13.0. The van der Waals surface area contributed by atoms with E-state index in [2.05, 4.69) is 36.9 Å². The minimum absolute atomic E-state index is 0.0498. The molecule has 3 heterocycles. The second-order valence-corrected chi connectivity index (χ2v) is 8.13. The molecule has 0 spiro atoms. The lowest BCUT2D eigenvalue weighted by Crippen LogP contribution is -2.26. The van der Waals surface area contributed by atoms with Gasteiger partial charge in [-0.2, -0.15) is 4.98 Å². The van der Waals surface area contributed by atoms with Crippen LogP contribution in [0.1, 0.15) is 52.7 Å². The first-order valence-corrected chi connectivity index (χ1v) is 7.91. The van der Waals surface area contributed by atoms with E-state index in [0.29, 0.717) is 5.65 Å². The van der Waals surface area contributed by atoms with E-state index in [4.69, 9.17) is 0 Å². The van der Waals surface area contributed by atoms with Crippen molar-refractivity contribution in [2.45, 2.75) is 52.4 Å². The van der Waals surface area contributed by atoms with Gasteiger partial charge in [0.25, 0.3) is 5.56 Å². The third-order valence-corrected chi connectivity index (χ3v) is 4.14. The summed E-state index contributed by atoms with van der Waals surface area (Å²) >= 11 is 0. The quantitative estimate of drug-likeness (QED) is 0.593. The molecule has 0 unspecified atom stereocenters. The molecule has 3 aromatic rings. The second-order valence-electron chi connectivity index (χ2n) is 8.13. The summed E-state index contributed by atoms with van der Waals surface area (Å²) in [5.41, 5.74) is 2.99. The minimum atomic E-state index is -0.239. The fraction of sp³-hybridized carbons (Fsp3) is 0.421. The van der Waals surface area contributed by atoms with Gasteiger partial charge in [0.2, 0.25) is 0 Å². The van der Waals surface area contributed by atoms with E-state index < -0.39 is 0 Å². The maximum absolute atomic E-state index is 12.5. The van der Waals surface area contributed by atoms with E-state index in [-0.39, 0.29) is 16.4 Å². The fourth-order valence-electron chi connectivity index (χ4n) is 2.83. The zero-order chi connectivity index (χ0) is 17.0. The fourth-order valence-corrected chi connectivity index (χ4v) is 2.83. The number of fused-ring (bicyclic) bond motifs is 3. The molecule has 120 valence electrons. The summed E-state index contributed by atoms with van der Waals surface area (Å²) in [7, 11) is 0. The van der Waals surface area contributed by atoms with Gasteiger partial charge in [-0.25, -0.2) is 0 Å². The molecule has 3 rings (SSSR count). The highest BCUT2D eigenvalue weighted by atomic mass is 16.1. The third kappa shape index (κ3) is 2.62. The van der Waals surface area contributed by atoms with Crippen LogP contribution in [-0.2, 0) is 10.8 Å². The summed E-state index contributed by atoms with van der Waals surface area (Å²) in [6.07, 6.45) is 5.77. The van der Waals surface area contributed by atoms with Gasteiger partial charge < -0.3 is 4.40 Å². The second kappa shape index (κ2) is 4.88. The van der Waals surface area contributed by atoms with Crippen LogP contribution in [-0.4, -0.2) is 14.4 Å². The summed E-state index contributed by atoms with van der Waals surface area (Å²) in [4.78, 5) is 21.4. The van der Waals surface area contributed by atoms with Crippen LogP contribution in [0.5, 0.6) is 0 Å². The molecular weight excluding hydrogens is 286 g/mol. The average molecular weight is 309 g/mol. The van der Waals surface area contributed by atoms with Crippen LogP contribution in [0.15, 0.2) is 35.5 Å². The summed E-state index contributed by atoms with van der Waals surface area (Å²) in [6, 6.07) is 3.87. The third-order valence-electron chi connectivity index (χ3n) is 4.14. The Kier molecular flexibility index (Phi) is 3.32. The Hall–Kier alpha value is -2.23. The van der Waals surface area contributed by atoms with Crippen LogP contribution in [0.3, 0.4) is 0 Å². The molecule has 23 heavy (non-hydrogen) atoms. The number of rotatable bonds is 0. The first-order chi connectivity index (χ1) is 10.6. The molecular formula is C19H23N3O. The van der Waals surface area contributed by atoms with Crippen LogP contribution in [0.4, 0.5) is 0 Å². The van der Waals surface area contributed by atoms with Crippen LogP contribution in [0.25, 0.3) is 16.6 Å². The van der Waals surface area contributed by atoms with Gasteiger partial charge in [0.05, 0.1) is 5.52 Å². The highest BCUT2D eigenvalue weighted by Crippen LogP contribution is 2.30. The highest BCUT2D eigenvalue weighted by molar-refractivity contribution is 5.93. The molecule has 0 saturated heterocycles. The van der Waals surface area contributed by atoms with E-state index in [0.717, 1.165) is 22.0 Å². The molecule has 0 radical (unpaired) electrons. The number of aromatic nitrogens is 3. The van der Waals surface area contributed by atoms with Crippen molar-refractivity contribution < 1.29 is 0 Å². The smallest absolute Gasteiger partial charge is 0.276 e. The number of nitrogens with zero attached hydrogens (tertiary/aromatic N) is 3. The van der Waals surface area contributed by atoms with Crippen LogP contribution < -0.4 is 5.56 Å². The molecule has 0 amide bonds. The van der Waals surface area contributed by atoms with Crippen LogP contribution in [0, 0.1) is 0 Å². The van der Waals surface area contributed by atoms with Crippen molar-refractivity contribution in [3.63, 3.8) is 0 Å². The molecule has 4 heteroatoms. The predicted octanol–water partition coefficient (Wildman–Crippen LogP) is 3.84.